The van der Waals surface area contributed by atoms with E-state index in [9.17, 15) is 9.59 Å². The Bertz CT molecular complexity index is 532. The van der Waals surface area contributed by atoms with Crippen LogP contribution in [0.1, 0.15) is 46.6 Å². The zero-order valence-corrected chi connectivity index (χ0v) is 14.8. The molecule has 7 nitrogen and oxygen atoms in total. The Balaban J connectivity index is 2.61. The highest BCUT2D eigenvalue weighted by Gasteiger charge is 2.25. The van der Waals surface area contributed by atoms with Crippen molar-refractivity contribution in [1.29, 1.82) is 0 Å². The summed E-state index contributed by atoms with van der Waals surface area (Å²) in [6.45, 7) is 9.72. The van der Waals surface area contributed by atoms with Crippen LogP contribution in [0.2, 0.25) is 0 Å². The first-order valence-corrected chi connectivity index (χ1v) is 7.81. The third kappa shape index (κ3) is 7.67. The lowest BCUT2D eigenvalue weighted by Crippen LogP contribution is -2.48. The molecule has 0 spiro atoms. The van der Waals surface area contributed by atoms with Crippen molar-refractivity contribution in [3.8, 4) is 0 Å². The van der Waals surface area contributed by atoms with Gasteiger partial charge in [-0.05, 0) is 33.1 Å². The molecule has 1 rings (SSSR count). The van der Waals surface area contributed by atoms with E-state index in [0.717, 1.165) is 5.56 Å². The van der Waals surface area contributed by atoms with Crippen molar-refractivity contribution in [3.63, 3.8) is 0 Å². The summed E-state index contributed by atoms with van der Waals surface area (Å²) in [5.41, 5.74) is 0.306. The van der Waals surface area contributed by atoms with Crippen LogP contribution in [-0.4, -0.2) is 33.4 Å². The molecule has 0 radical (unpaired) electrons. The average molecular weight is 324 g/mol. The van der Waals surface area contributed by atoms with Crippen LogP contribution in [0.25, 0.3) is 0 Å². The highest BCUT2D eigenvalue weighted by atomic mass is 16.6. The molecule has 0 aromatic carbocycles. The van der Waals surface area contributed by atoms with Gasteiger partial charge in [-0.3, -0.25) is 9.48 Å². The van der Waals surface area contributed by atoms with Gasteiger partial charge in [-0.2, -0.15) is 5.10 Å². The van der Waals surface area contributed by atoms with Gasteiger partial charge in [-0.1, -0.05) is 13.8 Å². The molecule has 2 N–H and O–H groups in total. The van der Waals surface area contributed by atoms with E-state index in [-0.39, 0.29) is 11.8 Å². The molecule has 2 amide bonds. The Hall–Kier alpha value is -2.05. The zero-order chi connectivity index (χ0) is 17.6. The maximum Gasteiger partial charge on any atom is 0.408 e. The van der Waals surface area contributed by atoms with Gasteiger partial charge in [0.05, 0.1) is 6.20 Å². The molecule has 0 fully saturated rings. The minimum Gasteiger partial charge on any atom is -0.444 e. The van der Waals surface area contributed by atoms with Gasteiger partial charge in [0.25, 0.3) is 0 Å². The fourth-order valence-electron chi connectivity index (χ4n) is 2.03. The lowest BCUT2D eigenvalue weighted by Gasteiger charge is -2.24. The summed E-state index contributed by atoms with van der Waals surface area (Å²) in [6, 6.07) is -0.624. The Labute approximate surface area is 137 Å². The van der Waals surface area contributed by atoms with E-state index in [0.29, 0.717) is 13.0 Å². The highest BCUT2D eigenvalue weighted by Crippen LogP contribution is 2.10. The molecule has 1 heterocycles. The summed E-state index contributed by atoms with van der Waals surface area (Å²) in [5, 5.41) is 9.53. The second-order valence-corrected chi connectivity index (χ2v) is 7.07. The van der Waals surface area contributed by atoms with Crippen LogP contribution in [0.3, 0.4) is 0 Å². The Morgan fingerprint density at radius 1 is 1.35 bits per heavy atom. The summed E-state index contributed by atoms with van der Waals surface area (Å²) in [7, 11) is 1.82. The van der Waals surface area contributed by atoms with Crippen LogP contribution >= 0.6 is 0 Å². The molecule has 23 heavy (non-hydrogen) atoms. The van der Waals surface area contributed by atoms with Crippen LogP contribution in [0.4, 0.5) is 4.79 Å². The van der Waals surface area contributed by atoms with Crippen molar-refractivity contribution in [2.24, 2.45) is 13.0 Å². The van der Waals surface area contributed by atoms with E-state index in [2.05, 4.69) is 15.7 Å². The first-order valence-electron chi connectivity index (χ1n) is 7.81. The van der Waals surface area contributed by atoms with Gasteiger partial charge in [-0.15, -0.1) is 0 Å². The molecule has 0 aliphatic rings. The van der Waals surface area contributed by atoms with Crippen LogP contribution in [0.5, 0.6) is 0 Å². The van der Waals surface area contributed by atoms with Crippen molar-refractivity contribution in [1.82, 2.24) is 20.4 Å². The smallest absolute Gasteiger partial charge is 0.408 e. The molecular weight excluding hydrogens is 296 g/mol. The monoisotopic (exact) mass is 324 g/mol. The number of carbonyl (C=O) groups excluding carboxylic acids is 2. The number of rotatable bonds is 6. The predicted molar refractivity (Wildman–Crippen MR) is 87.7 cm³/mol. The average Bonchev–Trinajstić information content (AvgIpc) is 2.78. The molecule has 130 valence electrons. The van der Waals surface area contributed by atoms with Gasteiger partial charge < -0.3 is 15.4 Å². The fraction of sp³-hybridized carbons (Fsp3) is 0.688. The molecule has 0 saturated carbocycles. The first-order chi connectivity index (χ1) is 10.6. The SMILES string of the molecule is CC(C)C[C@H](NC(=O)OC(C)(C)C)C(=O)NCc1cnn(C)c1. The van der Waals surface area contributed by atoms with E-state index in [1.165, 1.54) is 0 Å². The normalized spacial score (nSPS) is 12.8. The van der Waals surface area contributed by atoms with Gasteiger partial charge in [0.1, 0.15) is 11.6 Å². The summed E-state index contributed by atoms with van der Waals surface area (Å²) in [6.07, 6.45) is 3.48. The molecule has 0 bridgehead atoms. The third-order valence-electron chi connectivity index (χ3n) is 2.94. The standard InChI is InChI=1S/C16H28N4O3/c1-11(2)7-13(19-15(22)23-16(3,4)5)14(21)17-8-12-9-18-20(6)10-12/h9-11,13H,7-8H2,1-6H3,(H,17,21)(H,19,22)/t13-/m0/s1. The molecule has 0 aliphatic heterocycles. The zero-order valence-electron chi connectivity index (χ0n) is 14.8. The van der Waals surface area contributed by atoms with Gasteiger partial charge in [0.2, 0.25) is 5.91 Å². The van der Waals surface area contributed by atoms with Crippen molar-refractivity contribution < 1.29 is 14.3 Å². The van der Waals surface area contributed by atoms with Crippen LogP contribution in [-0.2, 0) is 23.1 Å². The van der Waals surface area contributed by atoms with Gasteiger partial charge in [0.15, 0.2) is 0 Å². The van der Waals surface area contributed by atoms with E-state index in [1.54, 1.807) is 31.6 Å². The molecule has 1 atom stereocenters. The lowest BCUT2D eigenvalue weighted by molar-refractivity contribution is -0.123. The van der Waals surface area contributed by atoms with Crippen LogP contribution in [0.15, 0.2) is 12.4 Å². The number of nitrogens with zero attached hydrogens (tertiary/aromatic N) is 2. The number of alkyl carbamates (subject to hydrolysis) is 1. The Morgan fingerprint density at radius 2 is 2.00 bits per heavy atom. The molecule has 0 aliphatic carbocycles. The highest BCUT2D eigenvalue weighted by molar-refractivity contribution is 5.85. The molecule has 7 heteroatoms. The molecule has 1 aromatic heterocycles. The number of hydrogen-bond donors (Lipinski definition) is 2. The largest absolute Gasteiger partial charge is 0.444 e. The van der Waals surface area contributed by atoms with Crippen LogP contribution < -0.4 is 10.6 Å². The minimum atomic E-state index is -0.624. The number of carbonyl (C=O) groups is 2. The summed E-state index contributed by atoms with van der Waals surface area (Å²) in [5.74, 6) is 0.0347. The van der Waals surface area contributed by atoms with E-state index in [4.69, 9.17) is 4.74 Å². The van der Waals surface area contributed by atoms with Crippen molar-refractivity contribution in [2.45, 2.75) is 59.2 Å². The second kappa shape index (κ2) is 7.99. The molecular formula is C16H28N4O3. The van der Waals surface area contributed by atoms with E-state index < -0.39 is 17.7 Å². The lowest BCUT2D eigenvalue weighted by atomic mass is 10.0. The quantitative estimate of drug-likeness (QED) is 0.838. The number of aromatic nitrogens is 2. The molecule has 1 aromatic rings. The van der Waals surface area contributed by atoms with Gasteiger partial charge in [-0.25, -0.2) is 4.79 Å². The van der Waals surface area contributed by atoms with Gasteiger partial charge >= 0.3 is 6.09 Å². The number of ether oxygens (including phenoxy) is 1. The Kier molecular flexibility index (Phi) is 6.60. The minimum absolute atomic E-state index is 0.228. The van der Waals surface area contributed by atoms with Crippen molar-refractivity contribution >= 4 is 12.0 Å². The van der Waals surface area contributed by atoms with Crippen LogP contribution in [0, 0.1) is 5.92 Å². The third-order valence-corrected chi connectivity index (χ3v) is 2.94. The van der Waals surface area contributed by atoms with E-state index >= 15 is 0 Å². The summed E-state index contributed by atoms with van der Waals surface area (Å²) >= 11 is 0. The number of hydrogen-bond acceptors (Lipinski definition) is 4. The Morgan fingerprint density at radius 3 is 2.48 bits per heavy atom. The van der Waals surface area contributed by atoms with Crippen molar-refractivity contribution in [3.05, 3.63) is 18.0 Å². The predicted octanol–water partition coefficient (Wildman–Crippen LogP) is 1.98. The second-order valence-electron chi connectivity index (χ2n) is 7.07. The number of nitrogens with one attached hydrogen (secondary N) is 2. The fourth-order valence-corrected chi connectivity index (χ4v) is 2.03. The van der Waals surface area contributed by atoms with Crippen molar-refractivity contribution in [2.75, 3.05) is 0 Å². The first kappa shape index (κ1) is 19.0. The van der Waals surface area contributed by atoms with E-state index in [1.807, 2.05) is 27.1 Å². The number of amides is 2. The number of aryl methyl sites for hydroxylation is 1. The summed E-state index contributed by atoms with van der Waals surface area (Å²) < 4.78 is 6.90. The molecule has 0 saturated heterocycles. The van der Waals surface area contributed by atoms with Gasteiger partial charge in [0, 0.05) is 25.4 Å². The maximum atomic E-state index is 12.4. The summed E-state index contributed by atoms with van der Waals surface area (Å²) in [4.78, 5) is 24.3. The maximum absolute atomic E-state index is 12.4. The molecule has 0 unspecified atom stereocenters. The topological polar surface area (TPSA) is 85.2 Å².